The molecule has 8 nitrogen and oxygen atoms in total. The number of carbonyl (C=O) groups is 1. The molecule has 11 heteroatoms. The Bertz CT molecular complexity index is 1240. The number of hydrogen-bond donors (Lipinski definition) is 0. The van der Waals surface area contributed by atoms with E-state index in [-0.39, 0.29) is 25.2 Å². The Morgan fingerprint density at radius 1 is 1.05 bits per heavy atom. The molecule has 4 heterocycles. The average Bonchev–Trinajstić information content (AvgIpc) is 3.25. The minimum atomic E-state index is -3.68. The number of benzene rings is 1. The van der Waals surface area contributed by atoms with Gasteiger partial charge in [0.25, 0.3) is 10.0 Å². The van der Waals surface area contributed by atoms with E-state index >= 15 is 0 Å². The van der Waals surface area contributed by atoms with E-state index in [0.717, 1.165) is 74.2 Å². The van der Waals surface area contributed by atoms with Crippen molar-refractivity contribution in [2.75, 3.05) is 66.1 Å². The second-order valence-electron chi connectivity index (χ2n) is 10.9. The molecule has 1 aromatic heterocycles. The van der Waals surface area contributed by atoms with Crippen LogP contribution in [0.25, 0.3) is 10.1 Å². The fourth-order valence-corrected chi connectivity index (χ4v) is 9.76. The number of halogens is 1. The lowest BCUT2D eigenvalue weighted by atomic mass is 10.0. The summed E-state index contributed by atoms with van der Waals surface area (Å²) in [6.45, 7) is 8.12. The van der Waals surface area contributed by atoms with E-state index in [9.17, 15) is 13.2 Å². The lowest BCUT2D eigenvalue weighted by Gasteiger charge is -2.42. The first kappa shape index (κ1) is 28.3. The van der Waals surface area contributed by atoms with Crippen LogP contribution in [0.2, 0.25) is 5.02 Å². The number of nitrogens with zero attached hydrogens (tertiary/aromatic N) is 4. The maximum atomic E-state index is 13.8. The van der Waals surface area contributed by atoms with E-state index in [1.165, 1.54) is 24.2 Å². The first-order chi connectivity index (χ1) is 18.2. The summed E-state index contributed by atoms with van der Waals surface area (Å²) >= 11 is 7.46. The van der Waals surface area contributed by atoms with Crippen molar-refractivity contribution >= 4 is 49.0 Å². The van der Waals surface area contributed by atoms with Crippen LogP contribution in [0.3, 0.4) is 0 Å². The fourth-order valence-electron chi connectivity index (χ4n) is 6.05. The lowest BCUT2D eigenvalue weighted by molar-refractivity contribution is -0.138. The maximum absolute atomic E-state index is 13.8. The molecule has 3 saturated heterocycles. The normalized spacial score (nSPS) is 23.3. The number of piperazine rings is 1. The molecule has 0 spiro atoms. The molecule has 1 amide bonds. The Morgan fingerprint density at radius 3 is 2.53 bits per heavy atom. The van der Waals surface area contributed by atoms with Crippen molar-refractivity contribution in [3.63, 3.8) is 0 Å². The van der Waals surface area contributed by atoms with Crippen molar-refractivity contribution in [3.8, 4) is 0 Å². The molecule has 0 aliphatic carbocycles. The van der Waals surface area contributed by atoms with Crippen molar-refractivity contribution in [1.82, 2.24) is 19.0 Å². The number of carbonyl (C=O) groups excluding carboxylic acids is 1. The molecule has 0 radical (unpaired) electrons. The highest BCUT2D eigenvalue weighted by Crippen LogP contribution is 2.38. The summed E-state index contributed by atoms with van der Waals surface area (Å²) in [6, 6.07) is 5.86. The number of likely N-dealkylation sites (tertiary alicyclic amines) is 1. The third kappa shape index (κ3) is 6.06. The number of piperidine rings is 2. The highest BCUT2D eigenvalue weighted by atomic mass is 35.5. The van der Waals surface area contributed by atoms with Crippen molar-refractivity contribution in [2.24, 2.45) is 0 Å². The topological polar surface area (TPSA) is 73.4 Å². The SMILES string of the molecule is Cc1c(S(=O)(=O)N2CCCCC2COCC(=O)N2CCN(C3CCN(C)CC3)CC2)sc2ccc(Cl)cc12. The zero-order valence-corrected chi connectivity index (χ0v) is 24.8. The van der Waals surface area contributed by atoms with Gasteiger partial charge in [-0.2, -0.15) is 4.31 Å². The van der Waals surface area contributed by atoms with Gasteiger partial charge in [-0.1, -0.05) is 18.0 Å². The van der Waals surface area contributed by atoms with Crippen LogP contribution in [0.1, 0.15) is 37.7 Å². The van der Waals surface area contributed by atoms with Gasteiger partial charge in [0.05, 0.1) is 6.61 Å². The molecule has 3 aliphatic heterocycles. The van der Waals surface area contributed by atoms with Gasteiger partial charge in [-0.25, -0.2) is 8.42 Å². The van der Waals surface area contributed by atoms with Crippen LogP contribution >= 0.6 is 22.9 Å². The Morgan fingerprint density at radius 2 is 1.79 bits per heavy atom. The summed E-state index contributed by atoms with van der Waals surface area (Å²) in [6.07, 6.45) is 4.91. The molecule has 1 unspecified atom stereocenters. The largest absolute Gasteiger partial charge is 0.370 e. The van der Waals surface area contributed by atoms with E-state index in [1.807, 2.05) is 24.0 Å². The number of hydrogen-bond acceptors (Lipinski definition) is 7. The molecule has 1 aromatic carbocycles. The Labute approximate surface area is 235 Å². The maximum Gasteiger partial charge on any atom is 0.253 e. The molecule has 5 rings (SSSR count). The molecular weight excluding hydrogens is 544 g/mol. The lowest BCUT2D eigenvalue weighted by Crippen LogP contribution is -2.54. The standard InChI is InChI=1S/C27H39ClN4O4S2/c1-20-24-17-21(28)6-7-25(24)37-27(20)38(34,35)32-10-4-3-5-23(32)18-36-19-26(33)31-15-13-30(14-16-31)22-8-11-29(2)12-9-22/h6-7,17,22-23H,3-5,8-16,18-19H2,1-2H3. The van der Waals surface area contributed by atoms with Gasteiger partial charge in [0.15, 0.2) is 0 Å². The van der Waals surface area contributed by atoms with Crippen LogP contribution in [-0.2, 0) is 19.6 Å². The van der Waals surface area contributed by atoms with Gasteiger partial charge in [-0.05, 0) is 81.9 Å². The predicted octanol–water partition coefficient (Wildman–Crippen LogP) is 3.66. The van der Waals surface area contributed by atoms with Crippen molar-refractivity contribution in [1.29, 1.82) is 0 Å². The number of amides is 1. The number of aryl methyl sites for hydroxylation is 1. The zero-order valence-electron chi connectivity index (χ0n) is 22.4. The highest BCUT2D eigenvalue weighted by molar-refractivity contribution is 7.91. The third-order valence-corrected chi connectivity index (χ3v) is 12.4. The van der Waals surface area contributed by atoms with Crippen LogP contribution in [0.4, 0.5) is 0 Å². The highest BCUT2D eigenvalue weighted by Gasteiger charge is 2.36. The number of rotatable bonds is 7. The summed E-state index contributed by atoms with van der Waals surface area (Å²) in [5, 5.41) is 1.48. The van der Waals surface area contributed by atoms with Gasteiger partial charge in [0.1, 0.15) is 10.8 Å². The summed E-state index contributed by atoms with van der Waals surface area (Å²) < 4.78 is 36.3. The second kappa shape index (κ2) is 12.1. The van der Waals surface area contributed by atoms with Gasteiger partial charge in [0.2, 0.25) is 5.91 Å². The first-order valence-corrected chi connectivity index (χ1v) is 16.4. The zero-order chi connectivity index (χ0) is 26.9. The molecule has 0 N–H and O–H groups in total. The minimum absolute atomic E-state index is 0.000967. The van der Waals surface area contributed by atoms with Crippen LogP contribution in [0, 0.1) is 6.92 Å². The summed E-state index contributed by atoms with van der Waals surface area (Å²) in [7, 11) is -1.51. The van der Waals surface area contributed by atoms with Crippen LogP contribution in [0.5, 0.6) is 0 Å². The van der Waals surface area contributed by atoms with Gasteiger partial charge in [-0.15, -0.1) is 11.3 Å². The number of fused-ring (bicyclic) bond motifs is 1. The van der Waals surface area contributed by atoms with Crippen LogP contribution in [0.15, 0.2) is 22.4 Å². The number of ether oxygens (including phenoxy) is 1. The van der Waals surface area contributed by atoms with E-state index in [4.69, 9.17) is 16.3 Å². The number of sulfonamides is 1. The molecule has 0 saturated carbocycles. The first-order valence-electron chi connectivity index (χ1n) is 13.7. The summed E-state index contributed by atoms with van der Waals surface area (Å²) in [4.78, 5) is 19.7. The number of thiophene rings is 1. The fraction of sp³-hybridized carbons (Fsp3) is 0.667. The third-order valence-electron chi connectivity index (χ3n) is 8.38. The van der Waals surface area contributed by atoms with E-state index in [2.05, 4.69) is 16.8 Å². The average molecular weight is 583 g/mol. The Balaban J connectivity index is 1.15. The predicted molar refractivity (Wildman–Crippen MR) is 153 cm³/mol. The molecular formula is C27H39ClN4O4S2. The van der Waals surface area contributed by atoms with Crippen molar-refractivity contribution < 1.29 is 17.9 Å². The molecule has 3 aliphatic rings. The molecule has 3 fully saturated rings. The van der Waals surface area contributed by atoms with E-state index in [1.54, 1.807) is 10.4 Å². The van der Waals surface area contributed by atoms with E-state index < -0.39 is 10.0 Å². The quantitative estimate of drug-likeness (QED) is 0.496. The van der Waals surface area contributed by atoms with Gasteiger partial charge < -0.3 is 14.5 Å². The van der Waals surface area contributed by atoms with E-state index in [0.29, 0.717) is 21.8 Å². The second-order valence-corrected chi connectivity index (χ2v) is 14.5. The van der Waals surface area contributed by atoms with Crippen molar-refractivity contribution in [3.05, 3.63) is 28.8 Å². The van der Waals surface area contributed by atoms with Gasteiger partial charge in [0, 0.05) is 54.5 Å². The molecule has 0 bridgehead atoms. The molecule has 1 atom stereocenters. The van der Waals surface area contributed by atoms with Crippen LogP contribution in [-0.4, -0.2) is 111 Å². The van der Waals surface area contributed by atoms with Crippen LogP contribution < -0.4 is 0 Å². The molecule has 2 aromatic rings. The monoisotopic (exact) mass is 582 g/mol. The van der Waals surface area contributed by atoms with Crippen molar-refractivity contribution in [2.45, 2.75) is 55.3 Å². The van der Waals surface area contributed by atoms with Gasteiger partial charge >= 0.3 is 0 Å². The molecule has 210 valence electrons. The molecule has 38 heavy (non-hydrogen) atoms. The smallest absolute Gasteiger partial charge is 0.253 e. The summed E-state index contributed by atoms with van der Waals surface area (Å²) in [5.74, 6) is -0.00419. The Kier molecular flexibility index (Phi) is 8.99. The Hall–Kier alpha value is -1.27. The summed E-state index contributed by atoms with van der Waals surface area (Å²) in [5.41, 5.74) is 0.743. The minimum Gasteiger partial charge on any atom is -0.370 e. The van der Waals surface area contributed by atoms with Gasteiger partial charge in [-0.3, -0.25) is 9.69 Å².